The van der Waals surface area contributed by atoms with Crippen molar-refractivity contribution in [2.24, 2.45) is 0 Å². The third kappa shape index (κ3) is 4.50. The number of anilines is 1. The molecule has 1 rings (SSSR count). The summed E-state index contributed by atoms with van der Waals surface area (Å²) in [5.41, 5.74) is 0. The zero-order chi connectivity index (χ0) is 14.6. The molecule has 0 radical (unpaired) electrons. The molecule has 19 heavy (non-hydrogen) atoms. The second kappa shape index (κ2) is 6.38. The minimum absolute atomic E-state index is 0.0396. The Balaban J connectivity index is 3.12. The average Bonchev–Trinajstić information content (AvgIpc) is 2.27. The molecule has 1 aromatic heterocycles. The Morgan fingerprint density at radius 1 is 1.37 bits per heavy atom. The Bertz CT molecular complexity index is 426. The Kier molecular flexibility index (Phi) is 5.37. The standard InChI is InChI=1S/C11H15ClF3N3O/c1-7(2)18(4-5-19-3)9-6-8(12)16-10(17-9)11(13,14)15/h6-7H,4-5H2,1-3H3. The number of ether oxygens (including phenoxy) is 1. The van der Waals surface area contributed by atoms with Crippen LogP contribution in [0.5, 0.6) is 0 Å². The van der Waals surface area contributed by atoms with Crippen molar-refractivity contribution < 1.29 is 17.9 Å². The van der Waals surface area contributed by atoms with Gasteiger partial charge in [-0.15, -0.1) is 0 Å². The van der Waals surface area contributed by atoms with Gasteiger partial charge in [0.2, 0.25) is 5.82 Å². The minimum atomic E-state index is -4.62. The van der Waals surface area contributed by atoms with Crippen LogP contribution in [0.3, 0.4) is 0 Å². The topological polar surface area (TPSA) is 38.2 Å². The van der Waals surface area contributed by atoms with E-state index >= 15 is 0 Å². The summed E-state index contributed by atoms with van der Waals surface area (Å²) in [7, 11) is 1.52. The number of nitrogens with zero attached hydrogens (tertiary/aromatic N) is 3. The number of aromatic nitrogens is 2. The third-order valence-electron chi connectivity index (χ3n) is 2.39. The number of hydrogen-bond donors (Lipinski definition) is 0. The first-order chi connectivity index (χ1) is 8.75. The van der Waals surface area contributed by atoms with Gasteiger partial charge < -0.3 is 9.64 Å². The van der Waals surface area contributed by atoms with Gasteiger partial charge in [-0.3, -0.25) is 0 Å². The molecule has 8 heteroatoms. The fourth-order valence-corrected chi connectivity index (χ4v) is 1.68. The van der Waals surface area contributed by atoms with E-state index in [0.717, 1.165) is 0 Å². The van der Waals surface area contributed by atoms with E-state index in [1.807, 2.05) is 13.8 Å². The molecule has 0 spiro atoms. The van der Waals surface area contributed by atoms with Gasteiger partial charge in [0.15, 0.2) is 0 Å². The third-order valence-corrected chi connectivity index (χ3v) is 2.58. The predicted molar refractivity (Wildman–Crippen MR) is 66.4 cm³/mol. The van der Waals surface area contributed by atoms with E-state index in [2.05, 4.69) is 9.97 Å². The van der Waals surface area contributed by atoms with Crippen molar-refractivity contribution in [2.75, 3.05) is 25.2 Å². The van der Waals surface area contributed by atoms with Gasteiger partial charge in [0.1, 0.15) is 11.0 Å². The maximum absolute atomic E-state index is 12.6. The van der Waals surface area contributed by atoms with Gasteiger partial charge >= 0.3 is 6.18 Å². The Labute approximate surface area is 114 Å². The summed E-state index contributed by atoms with van der Waals surface area (Å²) in [6, 6.07) is 1.27. The predicted octanol–water partition coefficient (Wildman–Crippen LogP) is 3.01. The smallest absolute Gasteiger partial charge is 0.383 e. The normalized spacial score (nSPS) is 12.0. The van der Waals surface area contributed by atoms with Gasteiger partial charge in [0, 0.05) is 25.8 Å². The van der Waals surface area contributed by atoms with Crippen LogP contribution >= 0.6 is 11.6 Å². The lowest BCUT2D eigenvalue weighted by molar-refractivity contribution is -0.144. The van der Waals surface area contributed by atoms with Crippen LogP contribution in [0.15, 0.2) is 6.07 Å². The molecule has 0 fully saturated rings. The van der Waals surface area contributed by atoms with Crippen LogP contribution in [0.1, 0.15) is 19.7 Å². The molecule has 0 N–H and O–H groups in total. The van der Waals surface area contributed by atoms with Crippen LogP contribution < -0.4 is 4.90 Å². The first-order valence-corrected chi connectivity index (χ1v) is 6.01. The lowest BCUT2D eigenvalue weighted by Crippen LogP contribution is -2.35. The van der Waals surface area contributed by atoms with E-state index < -0.39 is 12.0 Å². The lowest BCUT2D eigenvalue weighted by atomic mass is 10.3. The number of rotatable bonds is 5. The average molecular weight is 298 g/mol. The fourth-order valence-electron chi connectivity index (χ4n) is 1.51. The number of methoxy groups -OCH3 is 1. The molecule has 1 heterocycles. The van der Waals surface area contributed by atoms with Crippen LogP contribution in [0.2, 0.25) is 5.15 Å². The van der Waals surface area contributed by atoms with Crippen LogP contribution in [-0.2, 0) is 10.9 Å². The highest BCUT2D eigenvalue weighted by molar-refractivity contribution is 6.29. The highest BCUT2D eigenvalue weighted by Gasteiger charge is 2.35. The van der Waals surface area contributed by atoms with E-state index in [4.69, 9.17) is 16.3 Å². The molecule has 0 amide bonds. The van der Waals surface area contributed by atoms with E-state index in [-0.39, 0.29) is 17.0 Å². The summed E-state index contributed by atoms with van der Waals surface area (Å²) < 4.78 is 42.8. The molecule has 0 aromatic carbocycles. The molecule has 0 saturated carbocycles. The number of halogens is 4. The fraction of sp³-hybridized carbons (Fsp3) is 0.636. The van der Waals surface area contributed by atoms with Crippen molar-refractivity contribution in [3.8, 4) is 0 Å². The van der Waals surface area contributed by atoms with Gasteiger partial charge in [-0.25, -0.2) is 9.97 Å². The van der Waals surface area contributed by atoms with Crippen molar-refractivity contribution in [1.29, 1.82) is 0 Å². The molecule has 0 aliphatic heterocycles. The van der Waals surface area contributed by atoms with Gasteiger partial charge in [0.05, 0.1) is 6.61 Å². The number of hydrogen-bond acceptors (Lipinski definition) is 4. The van der Waals surface area contributed by atoms with E-state index in [9.17, 15) is 13.2 Å². The van der Waals surface area contributed by atoms with E-state index in [1.54, 1.807) is 4.90 Å². The first kappa shape index (κ1) is 16.0. The summed E-state index contributed by atoms with van der Waals surface area (Å²) in [4.78, 5) is 8.40. The zero-order valence-corrected chi connectivity index (χ0v) is 11.6. The molecule has 108 valence electrons. The lowest BCUT2D eigenvalue weighted by Gasteiger charge is -2.28. The molecular formula is C11H15ClF3N3O. The molecule has 0 unspecified atom stereocenters. The summed E-state index contributed by atoms with van der Waals surface area (Å²) >= 11 is 5.63. The van der Waals surface area contributed by atoms with Crippen LogP contribution in [-0.4, -0.2) is 36.3 Å². The number of alkyl halides is 3. The molecule has 1 aromatic rings. The summed E-state index contributed by atoms with van der Waals surface area (Å²) in [6.07, 6.45) is -4.62. The highest BCUT2D eigenvalue weighted by Crippen LogP contribution is 2.29. The quantitative estimate of drug-likeness (QED) is 0.783. The van der Waals surface area contributed by atoms with E-state index in [1.165, 1.54) is 13.2 Å². The highest BCUT2D eigenvalue weighted by atomic mass is 35.5. The van der Waals surface area contributed by atoms with Crippen molar-refractivity contribution in [2.45, 2.75) is 26.1 Å². The molecule has 0 saturated heterocycles. The maximum Gasteiger partial charge on any atom is 0.451 e. The van der Waals surface area contributed by atoms with E-state index in [0.29, 0.717) is 13.2 Å². The molecule has 0 aliphatic carbocycles. The first-order valence-electron chi connectivity index (χ1n) is 5.63. The van der Waals surface area contributed by atoms with Crippen molar-refractivity contribution in [1.82, 2.24) is 9.97 Å². The van der Waals surface area contributed by atoms with Crippen LogP contribution in [0.25, 0.3) is 0 Å². The van der Waals surface area contributed by atoms with Crippen molar-refractivity contribution >= 4 is 17.4 Å². The monoisotopic (exact) mass is 297 g/mol. The molecule has 0 bridgehead atoms. The second-order valence-electron chi connectivity index (χ2n) is 4.15. The molecule has 0 aliphatic rings. The van der Waals surface area contributed by atoms with Crippen LogP contribution in [0, 0.1) is 0 Å². The largest absolute Gasteiger partial charge is 0.451 e. The summed E-state index contributed by atoms with van der Waals surface area (Å²) in [5, 5.41) is -0.236. The maximum atomic E-state index is 12.6. The Morgan fingerprint density at radius 2 is 2.00 bits per heavy atom. The molecular weight excluding hydrogens is 283 g/mol. The summed E-state index contributed by atoms with van der Waals surface area (Å²) in [6.45, 7) is 4.48. The minimum Gasteiger partial charge on any atom is -0.383 e. The van der Waals surface area contributed by atoms with Crippen molar-refractivity contribution in [3.63, 3.8) is 0 Å². The molecule has 0 atom stereocenters. The second-order valence-corrected chi connectivity index (χ2v) is 4.54. The Hall–Kier alpha value is -1.08. The van der Waals surface area contributed by atoms with Gasteiger partial charge in [-0.1, -0.05) is 11.6 Å². The summed E-state index contributed by atoms with van der Waals surface area (Å²) in [5.74, 6) is -1.10. The molecule has 4 nitrogen and oxygen atoms in total. The van der Waals surface area contributed by atoms with Crippen LogP contribution in [0.4, 0.5) is 19.0 Å². The van der Waals surface area contributed by atoms with Gasteiger partial charge in [-0.2, -0.15) is 13.2 Å². The van der Waals surface area contributed by atoms with Gasteiger partial charge in [-0.05, 0) is 13.8 Å². The van der Waals surface area contributed by atoms with Gasteiger partial charge in [0.25, 0.3) is 0 Å². The van der Waals surface area contributed by atoms with Crippen molar-refractivity contribution in [3.05, 3.63) is 17.0 Å². The Morgan fingerprint density at radius 3 is 2.47 bits per heavy atom. The zero-order valence-electron chi connectivity index (χ0n) is 10.8. The SMILES string of the molecule is COCCN(c1cc(Cl)nc(C(F)(F)F)n1)C(C)C.